The van der Waals surface area contributed by atoms with Crippen molar-refractivity contribution in [3.8, 4) is 0 Å². The fourth-order valence-corrected chi connectivity index (χ4v) is 5.21. The topological polar surface area (TPSA) is 63.6 Å². The molecule has 0 radical (unpaired) electrons. The first kappa shape index (κ1) is 35.3. The van der Waals surface area contributed by atoms with Crippen LogP contribution in [0.3, 0.4) is 0 Å². The molecule has 0 aliphatic heterocycles. The zero-order valence-corrected chi connectivity index (χ0v) is 24.9. The zero-order chi connectivity index (χ0) is 26.7. The number of carboxylic acid groups (broad SMARTS) is 1. The normalized spacial score (nSPS) is 13.0. The Morgan fingerprint density at radius 3 is 1.36 bits per heavy atom. The summed E-state index contributed by atoms with van der Waals surface area (Å²) in [4.78, 5) is 23.8. The molecule has 0 spiro atoms. The number of thiol groups is 1. The summed E-state index contributed by atoms with van der Waals surface area (Å²) in [7, 11) is 0. The number of esters is 1. The van der Waals surface area contributed by atoms with E-state index in [0.29, 0.717) is 25.9 Å². The Kier molecular flexibility index (Phi) is 25.4. The summed E-state index contributed by atoms with van der Waals surface area (Å²) < 4.78 is 4.77. The molecule has 0 aromatic heterocycles. The Labute approximate surface area is 229 Å². The molecule has 0 aromatic rings. The van der Waals surface area contributed by atoms with Crippen molar-refractivity contribution in [2.45, 2.75) is 179 Å². The Morgan fingerprint density at radius 2 is 0.944 bits per heavy atom. The lowest BCUT2D eigenvalue weighted by Gasteiger charge is -2.26. The molecule has 0 saturated carbocycles. The van der Waals surface area contributed by atoms with Gasteiger partial charge in [0.1, 0.15) is 4.75 Å². The molecule has 214 valence electrons. The molecule has 0 aromatic carbocycles. The van der Waals surface area contributed by atoms with Crippen molar-refractivity contribution in [2.75, 3.05) is 6.61 Å². The van der Waals surface area contributed by atoms with E-state index in [1.54, 1.807) is 0 Å². The van der Waals surface area contributed by atoms with Crippen LogP contribution in [0.15, 0.2) is 0 Å². The van der Waals surface area contributed by atoms with Crippen molar-refractivity contribution in [2.24, 2.45) is 0 Å². The molecule has 0 bridgehead atoms. The maximum Gasteiger partial charge on any atom is 0.321 e. The lowest BCUT2D eigenvalue weighted by atomic mass is 9.93. The second-order valence-electron chi connectivity index (χ2n) is 10.9. The highest BCUT2D eigenvalue weighted by atomic mass is 32.1. The van der Waals surface area contributed by atoms with E-state index >= 15 is 0 Å². The van der Waals surface area contributed by atoms with E-state index in [4.69, 9.17) is 22.5 Å². The fraction of sp³-hybridized carbons (Fsp3) is 0.935. The highest BCUT2D eigenvalue weighted by Crippen LogP contribution is 2.31. The van der Waals surface area contributed by atoms with Gasteiger partial charge in [0, 0.05) is 6.42 Å². The molecule has 4 nitrogen and oxygen atoms in total. The van der Waals surface area contributed by atoms with Gasteiger partial charge in [0.2, 0.25) is 0 Å². The first-order valence-electron chi connectivity index (χ1n) is 15.6. The van der Waals surface area contributed by atoms with Gasteiger partial charge < -0.3 is 9.84 Å². The Hall–Kier alpha value is -0.710. The van der Waals surface area contributed by atoms with Crippen LogP contribution in [0, 0.1) is 0 Å². The average molecular weight is 529 g/mol. The average Bonchev–Trinajstić information content (AvgIpc) is 2.85. The van der Waals surface area contributed by atoms with Crippen molar-refractivity contribution < 1.29 is 19.4 Å². The van der Waals surface area contributed by atoms with Crippen molar-refractivity contribution in [3.05, 3.63) is 0 Å². The molecule has 1 N–H and O–H groups in total. The van der Waals surface area contributed by atoms with Crippen LogP contribution in [0.5, 0.6) is 0 Å². The highest BCUT2D eigenvalue weighted by molar-refractivity contribution is 7.82. The number of carbonyl (C=O) groups excluding carboxylic acids is 1. The van der Waals surface area contributed by atoms with Crippen molar-refractivity contribution in [1.29, 1.82) is 0 Å². The number of ether oxygens (including phenoxy) is 1. The molecule has 0 amide bonds. The van der Waals surface area contributed by atoms with Gasteiger partial charge in [0.05, 0.1) is 6.61 Å². The zero-order valence-electron chi connectivity index (χ0n) is 24.0. The number of hydrogen-bond acceptors (Lipinski definition) is 4. The molecule has 1 atom stereocenters. The van der Waals surface area contributed by atoms with Gasteiger partial charge in [-0.25, -0.2) is 0 Å². The van der Waals surface area contributed by atoms with Gasteiger partial charge in [-0.15, -0.1) is 0 Å². The molecule has 5 heteroatoms. The molecule has 0 heterocycles. The summed E-state index contributed by atoms with van der Waals surface area (Å²) in [6.45, 7) is 4.96. The summed E-state index contributed by atoms with van der Waals surface area (Å²) in [5, 5.41) is 9.00. The lowest BCUT2D eigenvalue weighted by molar-refractivity contribution is -0.147. The van der Waals surface area contributed by atoms with Crippen molar-refractivity contribution in [1.82, 2.24) is 0 Å². The smallest absolute Gasteiger partial charge is 0.321 e. The van der Waals surface area contributed by atoms with E-state index < -0.39 is 10.7 Å². The van der Waals surface area contributed by atoms with Crippen LogP contribution in [0.2, 0.25) is 0 Å². The molecule has 36 heavy (non-hydrogen) atoms. The third kappa shape index (κ3) is 22.5. The summed E-state index contributed by atoms with van der Waals surface area (Å²) in [6.07, 6.45) is 28.1. The Balaban J connectivity index is 4.07. The van der Waals surface area contributed by atoms with E-state index in [2.05, 4.69) is 13.8 Å². The number of aliphatic carboxylic acids is 1. The molecule has 0 saturated heterocycles. The predicted octanol–water partition coefficient (Wildman–Crippen LogP) is 10.1. The molecule has 0 aliphatic rings. The number of carbonyl (C=O) groups is 2. The van der Waals surface area contributed by atoms with Crippen molar-refractivity contribution >= 4 is 24.6 Å². The highest BCUT2D eigenvalue weighted by Gasteiger charge is 2.35. The third-order valence-corrected chi connectivity index (χ3v) is 7.92. The van der Waals surface area contributed by atoms with E-state index in [0.717, 1.165) is 25.7 Å². The second-order valence-corrected chi connectivity index (χ2v) is 11.7. The van der Waals surface area contributed by atoms with Crippen LogP contribution in [-0.4, -0.2) is 28.4 Å². The summed E-state index contributed by atoms with van der Waals surface area (Å²) in [6, 6.07) is 0. The SMILES string of the molecule is CCCCCCCCCCCCCC(S)(CCCC(=O)O)C(=O)OCCCCCCCCCCCC. The number of rotatable bonds is 28. The number of carboxylic acids is 1. The van der Waals surface area contributed by atoms with E-state index in [-0.39, 0.29) is 12.4 Å². The monoisotopic (exact) mass is 528 g/mol. The Bertz CT molecular complexity index is 511. The minimum Gasteiger partial charge on any atom is -0.481 e. The van der Waals surface area contributed by atoms with Crippen LogP contribution < -0.4 is 0 Å². The fourth-order valence-electron chi connectivity index (χ4n) is 4.83. The molecule has 0 fully saturated rings. The largest absolute Gasteiger partial charge is 0.481 e. The number of unbranched alkanes of at least 4 members (excludes halogenated alkanes) is 19. The first-order valence-corrected chi connectivity index (χ1v) is 16.0. The standard InChI is InChI=1S/C31H60O4S/c1-3-5-7-9-11-13-15-16-18-20-22-26-31(36,27-24-25-29(32)33)30(34)35-28-23-21-19-17-14-12-10-8-6-4-2/h36H,3-28H2,1-2H3,(H,32,33). The van der Waals surface area contributed by atoms with E-state index in [1.165, 1.54) is 109 Å². The van der Waals surface area contributed by atoms with Crippen LogP contribution in [0.1, 0.15) is 174 Å². The van der Waals surface area contributed by atoms with E-state index in [9.17, 15) is 9.59 Å². The first-order chi connectivity index (χ1) is 17.5. The third-order valence-electron chi connectivity index (χ3n) is 7.29. The quantitative estimate of drug-likeness (QED) is 0.0602. The van der Waals surface area contributed by atoms with Gasteiger partial charge in [0.15, 0.2) is 0 Å². The van der Waals surface area contributed by atoms with Crippen LogP contribution in [-0.2, 0) is 14.3 Å². The van der Waals surface area contributed by atoms with Gasteiger partial charge in [-0.2, -0.15) is 12.6 Å². The molecular weight excluding hydrogens is 468 g/mol. The van der Waals surface area contributed by atoms with Crippen LogP contribution in [0.4, 0.5) is 0 Å². The summed E-state index contributed by atoms with van der Waals surface area (Å²) in [5.74, 6) is -1.07. The van der Waals surface area contributed by atoms with Gasteiger partial charge in [0.25, 0.3) is 0 Å². The maximum atomic E-state index is 12.9. The lowest BCUT2D eigenvalue weighted by Crippen LogP contribution is -2.35. The van der Waals surface area contributed by atoms with E-state index in [1.807, 2.05) is 0 Å². The predicted molar refractivity (Wildman–Crippen MR) is 157 cm³/mol. The van der Waals surface area contributed by atoms with Crippen molar-refractivity contribution in [3.63, 3.8) is 0 Å². The molecule has 1 unspecified atom stereocenters. The summed E-state index contributed by atoms with van der Waals surface area (Å²) in [5.41, 5.74) is 0. The van der Waals surface area contributed by atoms with Gasteiger partial charge >= 0.3 is 11.9 Å². The van der Waals surface area contributed by atoms with Gasteiger partial charge in [-0.05, 0) is 25.7 Å². The summed E-state index contributed by atoms with van der Waals surface area (Å²) >= 11 is 4.75. The minimum absolute atomic E-state index is 0.0757. The number of hydrogen-bond donors (Lipinski definition) is 2. The molecule has 0 aliphatic carbocycles. The Morgan fingerprint density at radius 1 is 0.583 bits per heavy atom. The maximum absolute atomic E-state index is 12.9. The molecule has 0 rings (SSSR count). The van der Waals surface area contributed by atoms with Crippen LogP contribution >= 0.6 is 12.6 Å². The van der Waals surface area contributed by atoms with Crippen LogP contribution in [0.25, 0.3) is 0 Å². The van der Waals surface area contributed by atoms with Gasteiger partial charge in [-0.3, -0.25) is 9.59 Å². The van der Waals surface area contributed by atoms with Gasteiger partial charge in [-0.1, -0.05) is 142 Å². The second kappa shape index (κ2) is 25.9. The molecular formula is C31H60O4S. The minimum atomic E-state index is -0.854.